The monoisotopic (exact) mass is 524 g/mol. The second-order valence-electron chi connectivity index (χ2n) is 7.14. The van der Waals surface area contributed by atoms with E-state index in [0.29, 0.717) is 27.9 Å². The summed E-state index contributed by atoms with van der Waals surface area (Å²) in [7, 11) is -3.13. The predicted octanol–water partition coefficient (Wildman–Crippen LogP) is 4.00. The summed E-state index contributed by atoms with van der Waals surface area (Å²) in [6, 6.07) is 5.92. The number of hydrogen-bond acceptors (Lipinski definition) is 7. The molecule has 13 heteroatoms. The zero-order valence-electron chi connectivity index (χ0n) is 17.7. The molecule has 1 aromatic heterocycles. The summed E-state index contributed by atoms with van der Waals surface area (Å²) in [5.41, 5.74) is -0.817. The van der Waals surface area contributed by atoms with Gasteiger partial charge in [-0.3, -0.25) is 4.79 Å². The first kappa shape index (κ1) is 26.9. The molecular formula is C20H20ClF3N2O5S2. The lowest BCUT2D eigenvalue weighted by atomic mass is 10.2. The van der Waals surface area contributed by atoms with Gasteiger partial charge in [0.1, 0.15) is 0 Å². The lowest BCUT2D eigenvalue weighted by Gasteiger charge is -2.23. The molecule has 0 bridgehead atoms. The molecular weight excluding hydrogens is 505 g/mol. The van der Waals surface area contributed by atoms with Crippen molar-refractivity contribution in [2.75, 3.05) is 19.4 Å². The fourth-order valence-electron chi connectivity index (χ4n) is 2.49. The Morgan fingerprint density at radius 2 is 1.85 bits per heavy atom. The van der Waals surface area contributed by atoms with E-state index in [0.717, 1.165) is 19.9 Å². The van der Waals surface area contributed by atoms with Crippen molar-refractivity contribution in [2.45, 2.75) is 34.7 Å². The van der Waals surface area contributed by atoms with Crippen LogP contribution in [0.4, 0.5) is 13.2 Å². The van der Waals surface area contributed by atoms with Crippen LogP contribution >= 0.6 is 23.4 Å². The van der Waals surface area contributed by atoms with E-state index in [9.17, 15) is 31.2 Å². The Labute approximate surface area is 198 Å². The van der Waals surface area contributed by atoms with E-state index in [1.807, 2.05) is 0 Å². The predicted molar refractivity (Wildman–Crippen MR) is 117 cm³/mol. The highest BCUT2D eigenvalue weighted by molar-refractivity contribution is 7.99. The SMILES string of the molecule is COC(=O)c1ccc(SCCNC(=O)C(C)(C)S(=O)(=O)c2ccc(C(F)(F)F)cn2)c(Cl)c1. The van der Waals surface area contributed by atoms with Crippen LogP contribution in [0, 0.1) is 0 Å². The maximum Gasteiger partial charge on any atom is 0.417 e. The number of ether oxygens (including phenoxy) is 1. The van der Waals surface area contributed by atoms with E-state index >= 15 is 0 Å². The average molecular weight is 525 g/mol. The smallest absolute Gasteiger partial charge is 0.417 e. The van der Waals surface area contributed by atoms with E-state index in [2.05, 4.69) is 15.0 Å². The van der Waals surface area contributed by atoms with Crippen molar-refractivity contribution in [3.63, 3.8) is 0 Å². The molecule has 0 saturated heterocycles. The van der Waals surface area contributed by atoms with Gasteiger partial charge in [-0.1, -0.05) is 11.6 Å². The van der Waals surface area contributed by atoms with Crippen LogP contribution in [0.1, 0.15) is 29.8 Å². The van der Waals surface area contributed by atoms with Crippen LogP contribution in [-0.2, 0) is 25.5 Å². The van der Waals surface area contributed by atoms with Crippen molar-refractivity contribution in [1.29, 1.82) is 0 Å². The first-order chi connectivity index (χ1) is 15.2. The van der Waals surface area contributed by atoms with Crippen molar-refractivity contribution in [3.05, 3.63) is 52.7 Å². The van der Waals surface area contributed by atoms with Gasteiger partial charge in [0.15, 0.2) is 9.77 Å². The zero-order chi connectivity index (χ0) is 25.0. The number of amides is 1. The van der Waals surface area contributed by atoms with Crippen LogP contribution in [0.25, 0.3) is 0 Å². The Bertz CT molecular complexity index is 1140. The number of carbonyl (C=O) groups excluding carboxylic acids is 2. The quantitative estimate of drug-likeness (QED) is 0.316. The van der Waals surface area contributed by atoms with Crippen LogP contribution in [0.15, 0.2) is 46.5 Å². The number of nitrogens with zero attached hydrogens (tertiary/aromatic N) is 1. The van der Waals surface area contributed by atoms with E-state index in [4.69, 9.17) is 11.6 Å². The van der Waals surface area contributed by atoms with Gasteiger partial charge in [-0.25, -0.2) is 18.2 Å². The standard InChI is InChI=1S/C20H20ClF3N2O5S2/c1-19(2,33(29,30)16-7-5-13(11-26-16)20(22,23)24)18(28)25-8-9-32-15-6-4-12(10-14(15)21)17(27)31-3/h4-7,10-11H,8-9H2,1-3H3,(H,25,28). The van der Waals surface area contributed by atoms with Gasteiger partial charge in [-0.2, -0.15) is 13.2 Å². The van der Waals surface area contributed by atoms with Crippen LogP contribution in [-0.4, -0.2) is 49.4 Å². The first-order valence-corrected chi connectivity index (χ1v) is 12.1. The van der Waals surface area contributed by atoms with E-state index < -0.39 is 43.2 Å². The van der Waals surface area contributed by atoms with Gasteiger partial charge in [0, 0.05) is 23.4 Å². The molecule has 0 aliphatic carbocycles. The number of esters is 1. The molecule has 0 fully saturated rings. The Hall–Kier alpha value is -2.31. The number of methoxy groups -OCH3 is 1. The van der Waals surface area contributed by atoms with Crippen molar-refractivity contribution >= 4 is 45.1 Å². The molecule has 1 aromatic carbocycles. The Balaban J connectivity index is 2.00. The Morgan fingerprint density at radius 3 is 2.36 bits per heavy atom. The summed E-state index contributed by atoms with van der Waals surface area (Å²) in [5, 5.41) is 2.17. The summed E-state index contributed by atoms with van der Waals surface area (Å²) in [6.45, 7) is 2.37. The number of thioether (sulfide) groups is 1. The molecule has 1 N–H and O–H groups in total. The normalized spacial score (nSPS) is 12.3. The third-order valence-electron chi connectivity index (χ3n) is 4.56. The molecule has 0 aliphatic heterocycles. The number of sulfone groups is 1. The third kappa shape index (κ3) is 6.18. The summed E-state index contributed by atoms with van der Waals surface area (Å²) in [4.78, 5) is 28.1. The van der Waals surface area contributed by atoms with Crippen LogP contribution < -0.4 is 5.32 Å². The number of alkyl halides is 3. The van der Waals surface area contributed by atoms with Gasteiger partial charge in [0.05, 0.1) is 23.3 Å². The molecule has 33 heavy (non-hydrogen) atoms. The molecule has 0 spiro atoms. The fourth-order valence-corrected chi connectivity index (χ4v) is 4.90. The molecule has 2 rings (SSSR count). The molecule has 0 atom stereocenters. The molecule has 180 valence electrons. The second kappa shape index (κ2) is 10.3. The number of benzene rings is 1. The molecule has 2 aromatic rings. The average Bonchev–Trinajstić information content (AvgIpc) is 2.76. The summed E-state index contributed by atoms with van der Waals surface area (Å²) in [6.07, 6.45) is -4.25. The van der Waals surface area contributed by atoms with Crippen LogP contribution in [0.2, 0.25) is 5.02 Å². The third-order valence-corrected chi connectivity index (χ3v) is 8.38. The molecule has 1 amide bonds. The van der Waals surface area contributed by atoms with E-state index in [-0.39, 0.29) is 12.1 Å². The topological polar surface area (TPSA) is 102 Å². The summed E-state index contributed by atoms with van der Waals surface area (Å²) < 4.78 is 66.3. The maximum absolute atomic E-state index is 12.8. The number of aromatic nitrogens is 1. The lowest BCUT2D eigenvalue weighted by Crippen LogP contribution is -2.48. The number of hydrogen-bond donors (Lipinski definition) is 1. The molecule has 1 heterocycles. The number of nitrogens with one attached hydrogen (secondary N) is 1. The minimum atomic E-state index is -4.66. The minimum absolute atomic E-state index is 0.0813. The Morgan fingerprint density at radius 1 is 1.18 bits per heavy atom. The number of rotatable bonds is 8. The largest absolute Gasteiger partial charge is 0.465 e. The zero-order valence-corrected chi connectivity index (χ0v) is 20.1. The lowest BCUT2D eigenvalue weighted by molar-refractivity contribution is -0.137. The maximum atomic E-state index is 12.8. The van der Waals surface area contributed by atoms with Gasteiger partial charge >= 0.3 is 12.1 Å². The highest BCUT2D eigenvalue weighted by Crippen LogP contribution is 2.31. The van der Waals surface area contributed by atoms with Gasteiger partial charge in [-0.05, 0) is 44.2 Å². The molecule has 0 saturated carbocycles. The van der Waals surface area contributed by atoms with Crippen molar-refractivity contribution in [1.82, 2.24) is 10.3 Å². The van der Waals surface area contributed by atoms with E-state index in [1.165, 1.54) is 31.0 Å². The number of carbonyl (C=O) groups is 2. The molecule has 7 nitrogen and oxygen atoms in total. The van der Waals surface area contributed by atoms with Gasteiger partial charge in [0.2, 0.25) is 15.7 Å². The number of halogens is 4. The van der Waals surface area contributed by atoms with Crippen LogP contribution in [0.3, 0.4) is 0 Å². The highest BCUT2D eigenvalue weighted by Gasteiger charge is 2.44. The summed E-state index contributed by atoms with van der Waals surface area (Å²) >= 11 is 7.41. The van der Waals surface area contributed by atoms with Gasteiger partial charge < -0.3 is 10.1 Å². The molecule has 0 unspecified atom stereocenters. The van der Waals surface area contributed by atoms with Gasteiger partial charge in [-0.15, -0.1) is 11.8 Å². The first-order valence-electron chi connectivity index (χ1n) is 9.28. The molecule has 0 aliphatic rings. The van der Waals surface area contributed by atoms with Crippen LogP contribution in [0.5, 0.6) is 0 Å². The van der Waals surface area contributed by atoms with E-state index in [1.54, 1.807) is 6.07 Å². The van der Waals surface area contributed by atoms with Crippen molar-refractivity contribution in [3.8, 4) is 0 Å². The summed E-state index contributed by atoms with van der Waals surface area (Å²) in [5.74, 6) is -1.04. The second-order valence-corrected chi connectivity index (χ2v) is 11.1. The number of pyridine rings is 1. The van der Waals surface area contributed by atoms with Crippen molar-refractivity contribution < 1.29 is 35.9 Å². The van der Waals surface area contributed by atoms with Gasteiger partial charge in [0.25, 0.3) is 0 Å². The van der Waals surface area contributed by atoms with Crippen molar-refractivity contribution in [2.24, 2.45) is 0 Å². The fraction of sp³-hybridized carbons (Fsp3) is 0.350. The highest BCUT2D eigenvalue weighted by atomic mass is 35.5. The minimum Gasteiger partial charge on any atom is -0.465 e. The Kier molecular flexibility index (Phi) is 8.41. The molecule has 0 radical (unpaired) electrons.